The van der Waals surface area contributed by atoms with Crippen molar-refractivity contribution >= 4 is 23.2 Å². The summed E-state index contributed by atoms with van der Waals surface area (Å²) in [5.41, 5.74) is 5.06. The Morgan fingerprint density at radius 2 is 1.61 bits per heavy atom. The van der Waals surface area contributed by atoms with Crippen molar-refractivity contribution in [1.82, 2.24) is 15.2 Å². The number of rotatable bonds is 5. The lowest BCUT2D eigenvalue weighted by atomic mass is 10.1. The van der Waals surface area contributed by atoms with Crippen LogP contribution in [0, 0.1) is 5.82 Å². The highest BCUT2D eigenvalue weighted by Gasteiger charge is 2.09. The van der Waals surface area contributed by atoms with E-state index in [4.69, 9.17) is 0 Å². The Morgan fingerprint density at radius 1 is 0.964 bits per heavy atom. The maximum Gasteiger partial charge on any atom is 0.291 e. The van der Waals surface area contributed by atoms with Crippen LogP contribution < -0.4 is 10.7 Å². The molecule has 1 aromatic heterocycles. The number of hydrazone groups is 1. The summed E-state index contributed by atoms with van der Waals surface area (Å²) in [7, 11) is 1.72. The molecule has 0 saturated carbocycles. The van der Waals surface area contributed by atoms with Crippen molar-refractivity contribution in [3.8, 4) is 0 Å². The molecular weight excluding hydrogens is 361 g/mol. The van der Waals surface area contributed by atoms with Gasteiger partial charge in [-0.1, -0.05) is 12.1 Å². The van der Waals surface area contributed by atoms with Crippen LogP contribution in [0.1, 0.15) is 33.3 Å². The number of amides is 2. The second-order valence-electron chi connectivity index (χ2n) is 6.05. The van der Waals surface area contributed by atoms with Gasteiger partial charge in [-0.15, -0.1) is 0 Å². The zero-order chi connectivity index (χ0) is 20.1. The zero-order valence-electron chi connectivity index (χ0n) is 15.3. The van der Waals surface area contributed by atoms with E-state index in [-0.39, 0.29) is 11.6 Å². The van der Waals surface area contributed by atoms with Crippen molar-refractivity contribution in [3.63, 3.8) is 0 Å². The van der Waals surface area contributed by atoms with Gasteiger partial charge < -0.3 is 5.32 Å². The van der Waals surface area contributed by atoms with Crippen LogP contribution in [0.25, 0.3) is 0 Å². The summed E-state index contributed by atoms with van der Waals surface area (Å²) in [6, 6.07) is 13.9. The molecule has 7 nitrogen and oxygen atoms in total. The van der Waals surface area contributed by atoms with Crippen LogP contribution in [0.4, 0.5) is 10.1 Å². The van der Waals surface area contributed by atoms with Crippen LogP contribution >= 0.6 is 0 Å². The predicted octanol–water partition coefficient (Wildman–Crippen LogP) is 2.97. The molecule has 3 aromatic rings. The number of aromatic nitrogens is 2. The fourth-order valence-corrected chi connectivity index (χ4v) is 2.39. The molecule has 0 aliphatic carbocycles. The van der Waals surface area contributed by atoms with E-state index in [2.05, 4.69) is 20.9 Å². The summed E-state index contributed by atoms with van der Waals surface area (Å²) in [5, 5.41) is 10.8. The highest BCUT2D eigenvalue weighted by molar-refractivity contribution is 6.05. The van der Waals surface area contributed by atoms with Gasteiger partial charge in [0.05, 0.1) is 5.71 Å². The number of hydrogen-bond acceptors (Lipinski definition) is 4. The number of hydrogen-bond donors (Lipinski definition) is 2. The largest absolute Gasteiger partial charge is 0.322 e. The molecule has 8 heteroatoms. The number of carbonyl (C=O) groups excluding carboxylic acids is 2. The van der Waals surface area contributed by atoms with Crippen molar-refractivity contribution in [1.29, 1.82) is 0 Å². The Labute approximate surface area is 160 Å². The molecule has 1 heterocycles. The molecule has 142 valence electrons. The van der Waals surface area contributed by atoms with Crippen LogP contribution in [-0.4, -0.2) is 27.3 Å². The number of nitrogens with zero attached hydrogens (tertiary/aromatic N) is 3. The van der Waals surface area contributed by atoms with E-state index < -0.39 is 11.7 Å². The molecular formula is C20H18FN5O2. The Kier molecular flexibility index (Phi) is 5.59. The summed E-state index contributed by atoms with van der Waals surface area (Å²) in [6.45, 7) is 1.75. The molecule has 0 spiro atoms. The summed E-state index contributed by atoms with van der Waals surface area (Å²) < 4.78 is 14.5. The molecule has 28 heavy (non-hydrogen) atoms. The van der Waals surface area contributed by atoms with Gasteiger partial charge in [-0.2, -0.15) is 10.2 Å². The van der Waals surface area contributed by atoms with E-state index in [1.807, 2.05) is 0 Å². The van der Waals surface area contributed by atoms with Gasteiger partial charge in [0.2, 0.25) is 0 Å². The molecule has 3 rings (SSSR count). The highest BCUT2D eigenvalue weighted by Crippen LogP contribution is 2.12. The van der Waals surface area contributed by atoms with Crippen LogP contribution in [0.15, 0.2) is 65.9 Å². The van der Waals surface area contributed by atoms with E-state index in [1.54, 1.807) is 50.5 Å². The first-order valence-electron chi connectivity index (χ1n) is 8.44. The number of anilines is 1. The van der Waals surface area contributed by atoms with Gasteiger partial charge in [-0.3, -0.25) is 14.3 Å². The van der Waals surface area contributed by atoms with Gasteiger partial charge in [0.1, 0.15) is 5.82 Å². The van der Waals surface area contributed by atoms with Gasteiger partial charge in [0, 0.05) is 24.5 Å². The lowest BCUT2D eigenvalue weighted by molar-refractivity contribution is 0.0948. The summed E-state index contributed by atoms with van der Waals surface area (Å²) in [4.78, 5) is 24.1. The summed E-state index contributed by atoms with van der Waals surface area (Å²) in [6.07, 6.45) is 1.67. The third kappa shape index (κ3) is 4.67. The number of aryl methyl sites for hydroxylation is 1. The van der Waals surface area contributed by atoms with Gasteiger partial charge in [0.15, 0.2) is 5.69 Å². The summed E-state index contributed by atoms with van der Waals surface area (Å²) in [5.74, 6) is -1.13. The van der Waals surface area contributed by atoms with Crippen LogP contribution in [0.5, 0.6) is 0 Å². The minimum atomic E-state index is -0.400. The van der Waals surface area contributed by atoms with Gasteiger partial charge in [0.25, 0.3) is 11.8 Å². The SMILES string of the molecule is C/C(=N\NC(=O)c1ccn(C)n1)c1ccc(NC(=O)c2ccc(F)cc2)cc1. The quantitative estimate of drug-likeness (QED) is 0.528. The molecule has 0 saturated heterocycles. The van der Waals surface area contributed by atoms with E-state index in [9.17, 15) is 14.0 Å². The van der Waals surface area contributed by atoms with Gasteiger partial charge >= 0.3 is 0 Å². The van der Waals surface area contributed by atoms with E-state index >= 15 is 0 Å². The molecule has 0 aliphatic heterocycles. The number of carbonyl (C=O) groups is 2. The second kappa shape index (κ2) is 8.26. The molecule has 0 unspecified atom stereocenters. The maximum atomic E-state index is 12.9. The minimum Gasteiger partial charge on any atom is -0.322 e. The molecule has 0 bridgehead atoms. The Hall–Kier alpha value is -3.81. The highest BCUT2D eigenvalue weighted by atomic mass is 19.1. The normalized spacial score (nSPS) is 11.2. The van der Waals surface area contributed by atoms with Crippen LogP contribution in [-0.2, 0) is 7.05 Å². The Morgan fingerprint density at radius 3 is 2.21 bits per heavy atom. The fraction of sp³-hybridized carbons (Fsp3) is 0.100. The van der Waals surface area contributed by atoms with Crippen molar-refractivity contribution in [2.75, 3.05) is 5.32 Å². The molecule has 2 amide bonds. The Balaban J connectivity index is 1.62. The van der Waals surface area contributed by atoms with E-state index in [0.717, 1.165) is 5.56 Å². The van der Waals surface area contributed by atoms with E-state index in [1.165, 1.54) is 28.9 Å². The standard InChI is InChI=1S/C20H18FN5O2/c1-13(23-24-20(28)18-11-12-26(2)25-18)14-5-9-17(10-6-14)22-19(27)15-3-7-16(21)8-4-15/h3-12H,1-2H3,(H,22,27)(H,24,28)/b23-13+. The van der Waals surface area contributed by atoms with Crippen LogP contribution in [0.3, 0.4) is 0 Å². The average Bonchev–Trinajstić information content (AvgIpc) is 3.13. The first-order valence-corrected chi connectivity index (χ1v) is 8.44. The van der Waals surface area contributed by atoms with Crippen LogP contribution in [0.2, 0.25) is 0 Å². The third-order valence-corrected chi connectivity index (χ3v) is 3.94. The maximum absolute atomic E-state index is 12.9. The first kappa shape index (κ1) is 19.0. The molecule has 0 radical (unpaired) electrons. The van der Waals surface area contributed by atoms with Crippen molar-refractivity contribution < 1.29 is 14.0 Å². The number of nitrogens with one attached hydrogen (secondary N) is 2. The molecule has 2 aromatic carbocycles. The lowest BCUT2D eigenvalue weighted by Gasteiger charge is -2.07. The topological polar surface area (TPSA) is 88.4 Å². The minimum absolute atomic E-state index is 0.276. The monoisotopic (exact) mass is 379 g/mol. The molecule has 0 aliphatic rings. The molecule has 0 fully saturated rings. The van der Waals surface area contributed by atoms with Gasteiger partial charge in [-0.05, 0) is 55.0 Å². The predicted molar refractivity (Wildman–Crippen MR) is 104 cm³/mol. The van der Waals surface area contributed by atoms with Crippen molar-refractivity contribution in [2.45, 2.75) is 6.92 Å². The lowest BCUT2D eigenvalue weighted by Crippen LogP contribution is -2.20. The second-order valence-corrected chi connectivity index (χ2v) is 6.05. The Bertz CT molecular complexity index is 1020. The number of benzene rings is 2. The number of halogens is 1. The zero-order valence-corrected chi connectivity index (χ0v) is 15.3. The van der Waals surface area contributed by atoms with E-state index in [0.29, 0.717) is 17.0 Å². The first-order chi connectivity index (χ1) is 13.4. The molecule has 2 N–H and O–H groups in total. The van der Waals surface area contributed by atoms with Crippen molar-refractivity contribution in [3.05, 3.63) is 83.4 Å². The smallest absolute Gasteiger partial charge is 0.291 e. The fourth-order valence-electron chi connectivity index (χ4n) is 2.39. The third-order valence-electron chi connectivity index (χ3n) is 3.94. The molecule has 0 atom stereocenters. The summed E-state index contributed by atoms with van der Waals surface area (Å²) >= 11 is 0. The average molecular weight is 379 g/mol. The van der Waals surface area contributed by atoms with Crippen molar-refractivity contribution in [2.24, 2.45) is 12.1 Å². The van der Waals surface area contributed by atoms with Gasteiger partial charge in [-0.25, -0.2) is 9.82 Å².